The standard InChI is InChI=1S/C8H10N2O/c1-6-2-3-7(5-9)4-8(6,10)11/h2-4,6,11H,10H2,1H3. The van der Waals surface area contributed by atoms with Crippen LogP contribution in [0.15, 0.2) is 23.8 Å². The molecule has 0 aromatic heterocycles. The molecule has 0 saturated carbocycles. The van der Waals surface area contributed by atoms with E-state index in [0.717, 1.165) is 0 Å². The Kier molecular flexibility index (Phi) is 1.81. The molecule has 1 aliphatic rings. The molecular weight excluding hydrogens is 140 g/mol. The maximum absolute atomic E-state index is 9.44. The van der Waals surface area contributed by atoms with Crippen molar-refractivity contribution in [2.24, 2.45) is 11.7 Å². The summed E-state index contributed by atoms with van der Waals surface area (Å²) in [7, 11) is 0. The minimum absolute atomic E-state index is 0.139. The average Bonchev–Trinajstić information content (AvgIpc) is 1.95. The Morgan fingerprint density at radius 1 is 1.82 bits per heavy atom. The van der Waals surface area contributed by atoms with Crippen LogP contribution in [0.2, 0.25) is 0 Å². The third-order valence-corrected chi connectivity index (χ3v) is 1.81. The van der Waals surface area contributed by atoms with Crippen molar-refractivity contribution in [3.63, 3.8) is 0 Å². The van der Waals surface area contributed by atoms with Crippen LogP contribution < -0.4 is 5.73 Å². The van der Waals surface area contributed by atoms with Gasteiger partial charge in [0.1, 0.15) is 5.72 Å². The van der Waals surface area contributed by atoms with E-state index in [2.05, 4.69) is 0 Å². The van der Waals surface area contributed by atoms with Crippen LogP contribution in [0.1, 0.15) is 6.92 Å². The predicted molar refractivity (Wildman–Crippen MR) is 41.1 cm³/mol. The van der Waals surface area contributed by atoms with Crippen molar-refractivity contribution in [1.82, 2.24) is 0 Å². The Morgan fingerprint density at radius 2 is 2.45 bits per heavy atom. The number of nitriles is 1. The van der Waals surface area contributed by atoms with Crippen molar-refractivity contribution in [3.05, 3.63) is 23.8 Å². The van der Waals surface area contributed by atoms with E-state index in [-0.39, 0.29) is 5.92 Å². The van der Waals surface area contributed by atoms with Crippen LogP contribution in [0.3, 0.4) is 0 Å². The van der Waals surface area contributed by atoms with Crippen LogP contribution in [-0.4, -0.2) is 10.8 Å². The third-order valence-electron chi connectivity index (χ3n) is 1.81. The number of hydrogen-bond acceptors (Lipinski definition) is 3. The maximum atomic E-state index is 9.44. The summed E-state index contributed by atoms with van der Waals surface area (Å²) in [4.78, 5) is 0. The number of nitrogens with two attached hydrogens (primary N) is 1. The van der Waals surface area contributed by atoms with Gasteiger partial charge in [0, 0.05) is 5.92 Å². The van der Waals surface area contributed by atoms with Crippen molar-refractivity contribution >= 4 is 0 Å². The molecule has 2 unspecified atom stereocenters. The molecule has 0 heterocycles. The van der Waals surface area contributed by atoms with Crippen molar-refractivity contribution in [2.45, 2.75) is 12.6 Å². The highest BCUT2D eigenvalue weighted by molar-refractivity contribution is 5.39. The van der Waals surface area contributed by atoms with E-state index in [1.807, 2.05) is 6.07 Å². The Labute approximate surface area is 65.4 Å². The van der Waals surface area contributed by atoms with Crippen LogP contribution >= 0.6 is 0 Å². The first-order valence-corrected chi connectivity index (χ1v) is 3.38. The molecule has 0 bridgehead atoms. The minimum atomic E-state index is -1.36. The fourth-order valence-electron chi connectivity index (χ4n) is 0.900. The smallest absolute Gasteiger partial charge is 0.140 e. The van der Waals surface area contributed by atoms with Crippen molar-refractivity contribution < 1.29 is 5.11 Å². The van der Waals surface area contributed by atoms with Gasteiger partial charge in [-0.25, -0.2) is 0 Å². The molecule has 11 heavy (non-hydrogen) atoms. The first-order chi connectivity index (χ1) is 5.06. The summed E-state index contributed by atoms with van der Waals surface area (Å²) in [6, 6.07) is 1.91. The van der Waals surface area contributed by atoms with E-state index in [4.69, 9.17) is 11.0 Å². The Balaban J connectivity index is 2.96. The molecule has 0 aliphatic heterocycles. The Bertz CT molecular complexity index is 258. The second-order valence-corrected chi connectivity index (χ2v) is 2.75. The molecule has 2 atom stereocenters. The number of hydrogen-bond donors (Lipinski definition) is 2. The van der Waals surface area contributed by atoms with Crippen LogP contribution in [-0.2, 0) is 0 Å². The molecule has 0 spiro atoms. The van der Waals surface area contributed by atoms with Crippen molar-refractivity contribution in [3.8, 4) is 6.07 Å². The molecule has 58 valence electrons. The molecule has 0 radical (unpaired) electrons. The van der Waals surface area contributed by atoms with Gasteiger partial charge in [0.2, 0.25) is 0 Å². The Morgan fingerprint density at radius 3 is 2.91 bits per heavy atom. The van der Waals surface area contributed by atoms with E-state index in [1.165, 1.54) is 6.08 Å². The van der Waals surface area contributed by atoms with Gasteiger partial charge in [-0.1, -0.05) is 13.0 Å². The highest BCUT2D eigenvalue weighted by atomic mass is 16.3. The largest absolute Gasteiger partial charge is 0.372 e. The van der Waals surface area contributed by atoms with Gasteiger partial charge in [0.25, 0.3) is 0 Å². The van der Waals surface area contributed by atoms with Crippen molar-refractivity contribution in [2.75, 3.05) is 0 Å². The van der Waals surface area contributed by atoms with Gasteiger partial charge in [-0.3, -0.25) is 5.73 Å². The fraction of sp³-hybridized carbons (Fsp3) is 0.375. The maximum Gasteiger partial charge on any atom is 0.140 e. The molecule has 0 aromatic rings. The summed E-state index contributed by atoms with van der Waals surface area (Å²) in [5.74, 6) is -0.139. The summed E-state index contributed by atoms with van der Waals surface area (Å²) in [5, 5.41) is 17.9. The lowest BCUT2D eigenvalue weighted by Crippen LogP contribution is -2.44. The zero-order valence-corrected chi connectivity index (χ0v) is 6.28. The summed E-state index contributed by atoms with van der Waals surface area (Å²) in [6.07, 6.45) is 4.75. The lowest BCUT2D eigenvalue weighted by atomic mass is 9.91. The Hall–Kier alpha value is -1.11. The molecule has 0 fully saturated rings. The molecule has 3 heteroatoms. The van der Waals surface area contributed by atoms with Gasteiger partial charge in [-0.15, -0.1) is 0 Å². The second kappa shape index (κ2) is 2.50. The molecule has 1 rings (SSSR count). The van der Waals surface area contributed by atoms with Crippen molar-refractivity contribution in [1.29, 1.82) is 5.26 Å². The van der Waals surface area contributed by atoms with E-state index in [0.29, 0.717) is 5.57 Å². The van der Waals surface area contributed by atoms with E-state index >= 15 is 0 Å². The van der Waals surface area contributed by atoms with E-state index in [1.54, 1.807) is 19.1 Å². The predicted octanol–water partition coefficient (Wildman–Crippen LogP) is 0.290. The first kappa shape index (κ1) is 7.99. The van der Waals surface area contributed by atoms with Gasteiger partial charge in [-0.05, 0) is 12.2 Å². The number of nitrogens with zero attached hydrogens (tertiary/aromatic N) is 1. The summed E-state index contributed by atoms with van der Waals surface area (Å²) in [6.45, 7) is 1.79. The average molecular weight is 150 g/mol. The lowest BCUT2D eigenvalue weighted by molar-refractivity contribution is 0.0596. The molecule has 0 aromatic carbocycles. The van der Waals surface area contributed by atoms with E-state index < -0.39 is 5.72 Å². The number of aliphatic hydroxyl groups is 1. The van der Waals surface area contributed by atoms with Gasteiger partial charge < -0.3 is 5.11 Å². The van der Waals surface area contributed by atoms with E-state index in [9.17, 15) is 5.11 Å². The molecule has 0 amide bonds. The molecular formula is C8H10N2O. The summed E-state index contributed by atoms with van der Waals surface area (Å²) < 4.78 is 0. The molecule has 1 aliphatic carbocycles. The van der Waals surface area contributed by atoms with Gasteiger partial charge >= 0.3 is 0 Å². The monoisotopic (exact) mass is 150 g/mol. The lowest BCUT2D eigenvalue weighted by Gasteiger charge is -2.26. The number of rotatable bonds is 0. The third kappa shape index (κ3) is 1.48. The fourth-order valence-corrected chi connectivity index (χ4v) is 0.900. The van der Waals surface area contributed by atoms with Crippen LogP contribution in [0, 0.1) is 17.2 Å². The highest BCUT2D eigenvalue weighted by Crippen LogP contribution is 2.21. The summed E-state index contributed by atoms with van der Waals surface area (Å²) >= 11 is 0. The van der Waals surface area contributed by atoms with Crippen LogP contribution in [0.4, 0.5) is 0 Å². The van der Waals surface area contributed by atoms with Gasteiger partial charge in [0.05, 0.1) is 11.6 Å². The van der Waals surface area contributed by atoms with Gasteiger partial charge in [0.15, 0.2) is 0 Å². The number of allylic oxidation sites excluding steroid dienone is 2. The zero-order valence-electron chi connectivity index (χ0n) is 6.28. The highest BCUT2D eigenvalue weighted by Gasteiger charge is 2.27. The topological polar surface area (TPSA) is 70.0 Å². The zero-order chi connectivity index (χ0) is 8.48. The minimum Gasteiger partial charge on any atom is -0.372 e. The normalized spacial score (nSPS) is 36.2. The van der Waals surface area contributed by atoms with Crippen LogP contribution in [0.5, 0.6) is 0 Å². The van der Waals surface area contributed by atoms with Gasteiger partial charge in [-0.2, -0.15) is 5.26 Å². The molecule has 3 N–H and O–H groups in total. The molecule has 3 nitrogen and oxygen atoms in total. The summed E-state index contributed by atoms with van der Waals surface area (Å²) in [5.41, 5.74) is 4.51. The quantitative estimate of drug-likeness (QED) is 0.487. The second-order valence-electron chi connectivity index (χ2n) is 2.75. The first-order valence-electron chi connectivity index (χ1n) is 3.38. The van der Waals surface area contributed by atoms with Crippen LogP contribution in [0.25, 0.3) is 0 Å². The molecule has 0 saturated heterocycles. The SMILES string of the molecule is CC1C=CC(C#N)=CC1(N)O.